The van der Waals surface area contributed by atoms with Crippen LogP contribution in [0.3, 0.4) is 0 Å². The van der Waals surface area contributed by atoms with Gasteiger partial charge in [0.2, 0.25) is 0 Å². The minimum Gasteiger partial charge on any atom is -0.311 e. The molecule has 2 heteroatoms. The normalized spacial score (nSPS) is 11.4. The van der Waals surface area contributed by atoms with Crippen molar-refractivity contribution < 1.29 is 0 Å². The van der Waals surface area contributed by atoms with Gasteiger partial charge >= 0.3 is 0 Å². The summed E-state index contributed by atoms with van der Waals surface area (Å²) < 4.78 is 0. The highest BCUT2D eigenvalue weighted by molar-refractivity contribution is 5.16. The molecule has 0 atom stereocenters. The molecular formula is C14H24N2. The molecule has 0 spiro atoms. The Morgan fingerprint density at radius 3 is 2.44 bits per heavy atom. The Morgan fingerprint density at radius 2 is 1.94 bits per heavy atom. The van der Waals surface area contributed by atoms with Crippen LogP contribution >= 0.6 is 0 Å². The van der Waals surface area contributed by atoms with Gasteiger partial charge in [0.1, 0.15) is 0 Å². The van der Waals surface area contributed by atoms with Crippen molar-refractivity contribution in [3.8, 4) is 0 Å². The molecule has 0 amide bonds. The van der Waals surface area contributed by atoms with E-state index in [4.69, 9.17) is 0 Å². The monoisotopic (exact) mass is 220 g/mol. The summed E-state index contributed by atoms with van der Waals surface area (Å²) in [4.78, 5) is 4.45. The Balaban J connectivity index is 2.32. The summed E-state index contributed by atoms with van der Waals surface area (Å²) in [6.45, 7) is 10.8. The summed E-state index contributed by atoms with van der Waals surface area (Å²) in [5, 5.41) is 3.42. The van der Waals surface area contributed by atoms with Crippen LogP contribution in [0.4, 0.5) is 0 Å². The maximum Gasteiger partial charge on any atom is 0.0541 e. The quantitative estimate of drug-likeness (QED) is 0.744. The molecule has 1 aromatic rings. The highest BCUT2D eigenvalue weighted by atomic mass is 14.9. The lowest BCUT2D eigenvalue weighted by Gasteiger charge is -2.08. The Morgan fingerprint density at radius 1 is 1.19 bits per heavy atom. The van der Waals surface area contributed by atoms with Crippen LogP contribution in [0, 0.1) is 5.92 Å². The van der Waals surface area contributed by atoms with Crippen LogP contribution in [0.5, 0.6) is 0 Å². The SMILES string of the molecule is CC(C)CCNCc1ccc(C(C)C)cn1. The number of aromatic nitrogens is 1. The highest BCUT2D eigenvalue weighted by Crippen LogP contribution is 2.12. The van der Waals surface area contributed by atoms with E-state index in [1.807, 2.05) is 6.20 Å². The lowest BCUT2D eigenvalue weighted by Crippen LogP contribution is -2.17. The van der Waals surface area contributed by atoms with E-state index in [-0.39, 0.29) is 0 Å². The summed E-state index contributed by atoms with van der Waals surface area (Å²) in [6.07, 6.45) is 3.22. The molecule has 0 radical (unpaired) electrons. The Bertz CT molecular complexity index is 288. The molecule has 1 aromatic heterocycles. The Kier molecular flexibility index (Phi) is 5.47. The predicted octanol–water partition coefficient (Wildman–Crippen LogP) is 3.34. The molecule has 1 heterocycles. The molecule has 1 rings (SSSR count). The fourth-order valence-corrected chi connectivity index (χ4v) is 1.49. The number of hydrogen-bond donors (Lipinski definition) is 1. The van der Waals surface area contributed by atoms with Gasteiger partial charge in [0, 0.05) is 12.7 Å². The van der Waals surface area contributed by atoms with Gasteiger partial charge in [-0.2, -0.15) is 0 Å². The molecule has 0 aliphatic rings. The van der Waals surface area contributed by atoms with E-state index in [1.54, 1.807) is 0 Å². The van der Waals surface area contributed by atoms with Gasteiger partial charge in [-0.3, -0.25) is 4.98 Å². The Labute approximate surface area is 99.5 Å². The summed E-state index contributed by atoms with van der Waals surface area (Å²) in [7, 11) is 0. The second kappa shape index (κ2) is 6.64. The van der Waals surface area contributed by atoms with E-state index in [0.717, 1.165) is 24.7 Å². The summed E-state index contributed by atoms with van der Waals surface area (Å²) in [6, 6.07) is 4.30. The zero-order chi connectivity index (χ0) is 12.0. The van der Waals surface area contributed by atoms with Crippen molar-refractivity contribution in [1.82, 2.24) is 10.3 Å². The topological polar surface area (TPSA) is 24.9 Å². The van der Waals surface area contributed by atoms with Crippen LogP contribution in [0.1, 0.15) is 51.3 Å². The fourth-order valence-electron chi connectivity index (χ4n) is 1.49. The minimum absolute atomic E-state index is 0.565. The van der Waals surface area contributed by atoms with Crippen molar-refractivity contribution in [3.63, 3.8) is 0 Å². The predicted molar refractivity (Wildman–Crippen MR) is 69.5 cm³/mol. The van der Waals surface area contributed by atoms with Crippen LogP contribution < -0.4 is 5.32 Å². The molecule has 1 N–H and O–H groups in total. The third kappa shape index (κ3) is 4.75. The van der Waals surface area contributed by atoms with Crippen molar-refractivity contribution in [1.29, 1.82) is 0 Å². The zero-order valence-corrected chi connectivity index (χ0v) is 11.0. The van der Waals surface area contributed by atoms with Gasteiger partial charge in [-0.15, -0.1) is 0 Å². The van der Waals surface area contributed by atoms with Crippen molar-refractivity contribution >= 4 is 0 Å². The molecule has 2 nitrogen and oxygen atoms in total. The third-order valence-electron chi connectivity index (χ3n) is 2.72. The molecule has 0 aliphatic carbocycles. The van der Waals surface area contributed by atoms with Crippen molar-refractivity contribution in [2.45, 2.75) is 46.6 Å². The van der Waals surface area contributed by atoms with Crippen LogP contribution in [0.2, 0.25) is 0 Å². The first kappa shape index (κ1) is 13.2. The smallest absolute Gasteiger partial charge is 0.0541 e. The van der Waals surface area contributed by atoms with Gasteiger partial charge in [0.05, 0.1) is 5.69 Å². The molecule has 0 saturated heterocycles. The van der Waals surface area contributed by atoms with E-state index in [0.29, 0.717) is 5.92 Å². The molecule has 0 saturated carbocycles. The maximum absolute atomic E-state index is 4.45. The maximum atomic E-state index is 4.45. The van der Waals surface area contributed by atoms with E-state index in [2.05, 4.69) is 50.1 Å². The molecule has 0 unspecified atom stereocenters. The fraction of sp³-hybridized carbons (Fsp3) is 0.643. The molecule has 0 aliphatic heterocycles. The van der Waals surface area contributed by atoms with E-state index >= 15 is 0 Å². The zero-order valence-electron chi connectivity index (χ0n) is 11.0. The number of hydrogen-bond acceptors (Lipinski definition) is 2. The first-order valence-corrected chi connectivity index (χ1v) is 6.25. The van der Waals surface area contributed by atoms with Crippen LogP contribution in [0.15, 0.2) is 18.3 Å². The van der Waals surface area contributed by atoms with E-state index < -0.39 is 0 Å². The highest BCUT2D eigenvalue weighted by Gasteiger charge is 2.00. The molecule has 90 valence electrons. The molecule has 16 heavy (non-hydrogen) atoms. The van der Waals surface area contributed by atoms with Crippen molar-refractivity contribution in [2.24, 2.45) is 5.92 Å². The first-order chi connectivity index (χ1) is 7.59. The van der Waals surface area contributed by atoms with E-state index in [1.165, 1.54) is 12.0 Å². The average molecular weight is 220 g/mol. The number of rotatable bonds is 6. The van der Waals surface area contributed by atoms with Gasteiger partial charge in [-0.05, 0) is 36.4 Å². The summed E-state index contributed by atoms with van der Waals surface area (Å²) in [5.41, 5.74) is 2.44. The van der Waals surface area contributed by atoms with Crippen LogP contribution in [-0.4, -0.2) is 11.5 Å². The van der Waals surface area contributed by atoms with Crippen LogP contribution in [-0.2, 0) is 6.54 Å². The third-order valence-corrected chi connectivity index (χ3v) is 2.72. The van der Waals surface area contributed by atoms with Gasteiger partial charge in [0.25, 0.3) is 0 Å². The van der Waals surface area contributed by atoms with Crippen molar-refractivity contribution in [3.05, 3.63) is 29.6 Å². The summed E-state index contributed by atoms with van der Waals surface area (Å²) in [5.74, 6) is 1.33. The largest absolute Gasteiger partial charge is 0.311 e. The standard InChI is InChI=1S/C14H24N2/c1-11(2)7-8-15-10-14-6-5-13(9-16-14)12(3)4/h5-6,9,11-12,15H,7-8,10H2,1-4H3. The van der Waals surface area contributed by atoms with Gasteiger partial charge < -0.3 is 5.32 Å². The first-order valence-electron chi connectivity index (χ1n) is 6.25. The lowest BCUT2D eigenvalue weighted by atomic mass is 10.1. The molecule has 0 bridgehead atoms. The molecular weight excluding hydrogens is 196 g/mol. The number of nitrogens with zero attached hydrogens (tertiary/aromatic N) is 1. The van der Waals surface area contributed by atoms with E-state index in [9.17, 15) is 0 Å². The lowest BCUT2D eigenvalue weighted by molar-refractivity contribution is 0.535. The van der Waals surface area contributed by atoms with Crippen LogP contribution in [0.25, 0.3) is 0 Å². The molecule has 0 fully saturated rings. The summed E-state index contributed by atoms with van der Waals surface area (Å²) >= 11 is 0. The average Bonchev–Trinajstić information content (AvgIpc) is 2.25. The number of pyridine rings is 1. The van der Waals surface area contributed by atoms with Gasteiger partial charge in [-0.25, -0.2) is 0 Å². The Hall–Kier alpha value is -0.890. The van der Waals surface area contributed by atoms with Gasteiger partial charge in [0.15, 0.2) is 0 Å². The molecule has 0 aromatic carbocycles. The number of nitrogens with one attached hydrogen (secondary N) is 1. The minimum atomic E-state index is 0.565. The second-order valence-electron chi connectivity index (χ2n) is 5.10. The van der Waals surface area contributed by atoms with Gasteiger partial charge in [-0.1, -0.05) is 33.8 Å². The van der Waals surface area contributed by atoms with Crippen molar-refractivity contribution in [2.75, 3.05) is 6.54 Å². The second-order valence-corrected chi connectivity index (χ2v) is 5.10.